The summed E-state index contributed by atoms with van der Waals surface area (Å²) in [5.74, 6) is -1.47. The van der Waals surface area contributed by atoms with Crippen LogP contribution in [0, 0.1) is 0 Å². The van der Waals surface area contributed by atoms with E-state index in [1.54, 1.807) is 36.4 Å². The molecule has 0 aromatic heterocycles. The minimum Gasteiger partial charge on any atom is -0.508 e. The summed E-state index contributed by atoms with van der Waals surface area (Å²) in [6.45, 7) is 7.80. The van der Waals surface area contributed by atoms with Crippen LogP contribution in [0.4, 0.5) is 0 Å². The monoisotopic (exact) mass is 474 g/mol. The summed E-state index contributed by atoms with van der Waals surface area (Å²) < 4.78 is 6.28. The Morgan fingerprint density at radius 3 is 1.69 bits per heavy atom. The van der Waals surface area contributed by atoms with Gasteiger partial charge in [0.2, 0.25) is 0 Å². The fraction of sp³-hybridized carbons (Fsp3) is 0.310. The molecule has 3 N–H and O–H groups in total. The van der Waals surface area contributed by atoms with Crippen molar-refractivity contribution < 1.29 is 29.6 Å². The Bertz CT molecular complexity index is 1280. The first-order chi connectivity index (χ1) is 16.8. The van der Waals surface area contributed by atoms with E-state index in [-0.39, 0.29) is 28.2 Å². The summed E-state index contributed by atoms with van der Waals surface area (Å²) in [5.41, 5.74) is 3.23. The summed E-state index contributed by atoms with van der Waals surface area (Å²) in [5, 5.41) is 31.4. The molecule has 6 heteroatoms. The molecule has 0 saturated carbocycles. The normalized spacial score (nSPS) is 14.0. The molecule has 1 heterocycles. The van der Waals surface area contributed by atoms with Crippen molar-refractivity contribution in [3.63, 3.8) is 0 Å². The van der Waals surface area contributed by atoms with Crippen LogP contribution in [-0.4, -0.2) is 27.3 Å². The number of hydrogen-bond donors (Lipinski definition) is 3. The molecule has 0 bridgehead atoms. The van der Waals surface area contributed by atoms with Crippen LogP contribution in [0.5, 0.6) is 11.5 Å². The number of fused-ring (bicyclic) bond motifs is 1. The van der Waals surface area contributed by atoms with Gasteiger partial charge in [0.15, 0.2) is 5.60 Å². The highest BCUT2D eigenvalue weighted by molar-refractivity contribution is 6.02. The Morgan fingerprint density at radius 2 is 1.26 bits per heavy atom. The molecule has 1 aliphatic heterocycles. The third-order valence-electron chi connectivity index (χ3n) is 7.10. The third kappa shape index (κ3) is 3.47. The van der Waals surface area contributed by atoms with Crippen LogP contribution >= 0.6 is 0 Å². The number of carboxylic acids is 1. The molecule has 0 fully saturated rings. The maximum Gasteiger partial charge on any atom is 0.340 e. The van der Waals surface area contributed by atoms with E-state index in [4.69, 9.17) is 4.74 Å². The lowest BCUT2D eigenvalue weighted by Crippen LogP contribution is -2.34. The molecule has 0 amide bonds. The maximum absolute atomic E-state index is 13.3. The molecule has 0 radical (unpaired) electrons. The smallest absolute Gasteiger partial charge is 0.340 e. The zero-order valence-electron chi connectivity index (χ0n) is 20.4. The van der Waals surface area contributed by atoms with Crippen molar-refractivity contribution in [2.24, 2.45) is 0 Å². The second-order valence-corrected chi connectivity index (χ2v) is 8.70. The summed E-state index contributed by atoms with van der Waals surface area (Å²) in [6.07, 6.45) is 2.18. The first-order valence-corrected chi connectivity index (χ1v) is 12.0. The Morgan fingerprint density at radius 1 is 0.771 bits per heavy atom. The highest BCUT2D eigenvalue weighted by Gasteiger charge is 2.53. The summed E-state index contributed by atoms with van der Waals surface area (Å²) in [7, 11) is 0. The van der Waals surface area contributed by atoms with E-state index >= 15 is 0 Å². The molecular weight excluding hydrogens is 444 g/mol. The van der Waals surface area contributed by atoms with E-state index in [0.717, 1.165) is 22.3 Å². The van der Waals surface area contributed by atoms with Gasteiger partial charge in [0, 0.05) is 16.7 Å². The number of hydrogen-bond acceptors (Lipinski definition) is 5. The lowest BCUT2D eigenvalue weighted by Gasteiger charge is -2.35. The number of carbonyl (C=O) groups excluding carboxylic acids is 1. The molecule has 1 aliphatic rings. The minimum atomic E-state index is -1.55. The number of phenols is 2. The Labute approximate surface area is 204 Å². The number of aromatic hydroxyl groups is 2. The third-order valence-corrected chi connectivity index (χ3v) is 7.10. The zero-order valence-corrected chi connectivity index (χ0v) is 20.4. The summed E-state index contributed by atoms with van der Waals surface area (Å²) in [4.78, 5) is 25.8. The van der Waals surface area contributed by atoms with Gasteiger partial charge in [-0.15, -0.1) is 0 Å². The van der Waals surface area contributed by atoms with Gasteiger partial charge in [-0.25, -0.2) is 9.59 Å². The van der Waals surface area contributed by atoms with E-state index in [1.165, 1.54) is 6.07 Å². The van der Waals surface area contributed by atoms with Crippen LogP contribution in [0.3, 0.4) is 0 Å². The lowest BCUT2D eigenvalue weighted by molar-refractivity contribution is 0.0240. The molecule has 35 heavy (non-hydrogen) atoms. The van der Waals surface area contributed by atoms with Gasteiger partial charge in [-0.1, -0.05) is 45.9 Å². The van der Waals surface area contributed by atoms with E-state index in [0.29, 0.717) is 36.8 Å². The van der Waals surface area contributed by atoms with Gasteiger partial charge >= 0.3 is 11.9 Å². The molecule has 0 aliphatic carbocycles. The number of esters is 1. The highest BCUT2D eigenvalue weighted by Crippen LogP contribution is 2.52. The zero-order chi connectivity index (χ0) is 25.5. The number of phenolic OH excluding ortho intramolecular Hbond substituents is 2. The second kappa shape index (κ2) is 9.10. The fourth-order valence-corrected chi connectivity index (χ4v) is 5.67. The van der Waals surface area contributed by atoms with Gasteiger partial charge in [-0.3, -0.25) is 0 Å². The molecular formula is C29H30O6. The average molecular weight is 475 g/mol. The van der Waals surface area contributed by atoms with E-state index in [9.17, 15) is 24.9 Å². The SMILES string of the molecule is CCc1c(O)ccc(C2(c3ccc(O)c(CC)c3CC)OC(=O)c3cccc(C(=O)O)c32)c1CC. The maximum atomic E-state index is 13.3. The van der Waals surface area contributed by atoms with Crippen molar-refractivity contribution in [1.82, 2.24) is 0 Å². The van der Waals surface area contributed by atoms with Gasteiger partial charge in [0.1, 0.15) is 11.5 Å². The number of carbonyl (C=O) groups is 2. The van der Waals surface area contributed by atoms with Crippen LogP contribution in [0.25, 0.3) is 0 Å². The molecule has 182 valence electrons. The molecule has 3 aromatic rings. The first kappa shape index (κ1) is 24.3. The van der Waals surface area contributed by atoms with E-state index in [1.807, 2.05) is 27.7 Å². The van der Waals surface area contributed by atoms with Gasteiger partial charge < -0.3 is 20.1 Å². The van der Waals surface area contributed by atoms with Crippen molar-refractivity contribution in [2.75, 3.05) is 0 Å². The largest absolute Gasteiger partial charge is 0.508 e. The van der Waals surface area contributed by atoms with Crippen LogP contribution < -0.4 is 0 Å². The van der Waals surface area contributed by atoms with Crippen molar-refractivity contribution in [3.05, 3.63) is 92.5 Å². The van der Waals surface area contributed by atoms with Gasteiger partial charge in [-0.05, 0) is 72.2 Å². The van der Waals surface area contributed by atoms with E-state index in [2.05, 4.69) is 0 Å². The fourth-order valence-electron chi connectivity index (χ4n) is 5.67. The van der Waals surface area contributed by atoms with Crippen molar-refractivity contribution in [2.45, 2.75) is 59.0 Å². The van der Waals surface area contributed by atoms with Gasteiger partial charge in [-0.2, -0.15) is 0 Å². The number of aromatic carboxylic acids is 1. The predicted octanol–water partition coefficient (Wildman–Crippen LogP) is 5.51. The molecule has 6 nitrogen and oxygen atoms in total. The van der Waals surface area contributed by atoms with E-state index < -0.39 is 17.5 Å². The van der Waals surface area contributed by atoms with Crippen molar-refractivity contribution in [1.29, 1.82) is 0 Å². The Kier molecular flexibility index (Phi) is 6.32. The second-order valence-electron chi connectivity index (χ2n) is 8.70. The molecule has 4 rings (SSSR count). The highest BCUT2D eigenvalue weighted by atomic mass is 16.6. The summed E-state index contributed by atoms with van der Waals surface area (Å²) >= 11 is 0. The number of cyclic esters (lactones) is 1. The quantitative estimate of drug-likeness (QED) is 0.390. The van der Waals surface area contributed by atoms with Crippen molar-refractivity contribution >= 4 is 11.9 Å². The first-order valence-electron chi connectivity index (χ1n) is 12.0. The Balaban J connectivity index is 2.27. The van der Waals surface area contributed by atoms with Crippen LogP contribution in [0.1, 0.15) is 87.4 Å². The molecule has 0 atom stereocenters. The number of ether oxygens (including phenoxy) is 1. The standard InChI is InChI=1S/C29H30O6/c1-5-16-18(7-3)24(30)14-12-22(16)29(23-13-15-25(31)19(8-4)17(23)6-2)26-20(27(32)33)10-9-11-21(26)28(34)35-29/h9-15,30-31H,5-8H2,1-4H3,(H,32,33). The number of benzene rings is 3. The topological polar surface area (TPSA) is 104 Å². The van der Waals surface area contributed by atoms with Gasteiger partial charge in [0.25, 0.3) is 0 Å². The lowest BCUT2D eigenvalue weighted by atomic mass is 9.72. The molecule has 0 spiro atoms. The number of carboxylic acid groups (broad SMARTS) is 1. The molecule has 3 aromatic carbocycles. The van der Waals surface area contributed by atoms with Crippen molar-refractivity contribution in [3.8, 4) is 11.5 Å². The molecule has 0 saturated heterocycles. The Hall–Kier alpha value is -3.80. The summed E-state index contributed by atoms with van der Waals surface area (Å²) in [6, 6.07) is 11.2. The predicted molar refractivity (Wildman–Crippen MR) is 132 cm³/mol. The number of rotatable bonds is 7. The molecule has 0 unspecified atom stereocenters. The van der Waals surface area contributed by atoms with Gasteiger partial charge in [0.05, 0.1) is 11.1 Å². The average Bonchev–Trinajstić information content (AvgIpc) is 3.16. The van der Waals surface area contributed by atoms with Crippen LogP contribution in [0.2, 0.25) is 0 Å². The van der Waals surface area contributed by atoms with Crippen LogP contribution in [-0.2, 0) is 36.0 Å². The van der Waals surface area contributed by atoms with Crippen LogP contribution in [0.15, 0.2) is 42.5 Å². The minimum absolute atomic E-state index is 0.0188.